The van der Waals surface area contributed by atoms with Crippen LogP contribution < -0.4 is 5.32 Å². The van der Waals surface area contributed by atoms with E-state index in [4.69, 9.17) is 23.2 Å². The highest BCUT2D eigenvalue weighted by atomic mass is 79.9. The van der Waals surface area contributed by atoms with Crippen LogP contribution in [0.5, 0.6) is 0 Å². The van der Waals surface area contributed by atoms with Crippen molar-refractivity contribution in [3.05, 3.63) is 74.2 Å². The van der Waals surface area contributed by atoms with Crippen molar-refractivity contribution in [1.29, 1.82) is 0 Å². The van der Waals surface area contributed by atoms with Gasteiger partial charge in [0.1, 0.15) is 6.04 Å². The lowest BCUT2D eigenvalue weighted by Gasteiger charge is -2.24. The first-order valence-electron chi connectivity index (χ1n) is 7.10. The van der Waals surface area contributed by atoms with Crippen LogP contribution in [0.2, 0.25) is 10.0 Å². The van der Waals surface area contributed by atoms with Gasteiger partial charge in [-0.25, -0.2) is 0 Å². The Morgan fingerprint density at radius 3 is 2.46 bits per heavy atom. The topological polar surface area (TPSA) is 55.6 Å². The number of halogens is 3. The lowest BCUT2D eigenvalue weighted by Crippen LogP contribution is -2.20. The minimum Gasteiger partial charge on any atom is -0.323 e. The molecule has 0 saturated carbocycles. The van der Waals surface area contributed by atoms with Crippen LogP contribution in [-0.2, 0) is 0 Å². The Kier molecular flexibility index (Phi) is 4.04. The van der Waals surface area contributed by atoms with Crippen LogP contribution in [-0.4, -0.2) is 20.2 Å². The van der Waals surface area contributed by atoms with E-state index in [1.165, 1.54) is 0 Å². The molecule has 24 heavy (non-hydrogen) atoms. The fourth-order valence-electron chi connectivity index (χ4n) is 2.65. The molecule has 0 saturated heterocycles. The van der Waals surface area contributed by atoms with E-state index >= 15 is 0 Å². The number of nitrogens with zero attached hydrogens (tertiary/aromatic N) is 4. The van der Waals surface area contributed by atoms with Gasteiger partial charge in [-0.15, -0.1) is 0 Å². The molecule has 1 aromatic heterocycles. The third-order valence-corrected chi connectivity index (χ3v) is 4.97. The van der Waals surface area contributed by atoms with Crippen molar-refractivity contribution in [2.24, 2.45) is 0 Å². The maximum atomic E-state index is 6.39. The number of anilines is 1. The van der Waals surface area contributed by atoms with Gasteiger partial charge >= 0.3 is 0 Å². The molecule has 1 N–H and O–H groups in total. The normalized spacial score (nSPS) is 16.3. The summed E-state index contributed by atoms with van der Waals surface area (Å²) in [5.74, 6) is 0.538. The molecule has 1 aliphatic rings. The predicted molar refractivity (Wildman–Crippen MR) is 98.2 cm³/mol. The maximum Gasteiger partial charge on any atom is 0.248 e. The second kappa shape index (κ2) is 6.20. The zero-order valence-electron chi connectivity index (χ0n) is 12.1. The molecule has 3 aromatic rings. The SMILES string of the molecule is Clc1cccc(Cl)c1[C@H]1C=C(c2ccc(Br)cc2)Nc2nnnn21. The van der Waals surface area contributed by atoms with Gasteiger partial charge in [-0.3, -0.25) is 0 Å². The number of tetrazole rings is 1. The molecule has 0 unspecified atom stereocenters. The van der Waals surface area contributed by atoms with Crippen LogP contribution >= 0.6 is 39.1 Å². The highest BCUT2D eigenvalue weighted by molar-refractivity contribution is 9.10. The number of nitrogens with one attached hydrogen (secondary N) is 1. The molecule has 8 heteroatoms. The number of allylic oxidation sites excluding steroid dienone is 1. The number of rotatable bonds is 2. The second-order valence-corrected chi connectivity index (χ2v) is 6.97. The molecule has 2 aromatic carbocycles. The molecule has 0 spiro atoms. The Hall–Kier alpha value is -1.89. The van der Waals surface area contributed by atoms with Crippen LogP contribution in [0.3, 0.4) is 0 Å². The molecule has 4 rings (SSSR count). The summed E-state index contributed by atoms with van der Waals surface area (Å²) in [5, 5.41) is 16.2. The van der Waals surface area contributed by atoms with Gasteiger partial charge in [0.05, 0.1) is 0 Å². The largest absolute Gasteiger partial charge is 0.323 e. The standard InChI is InChI=1S/C16H10BrCl2N5/c17-10-6-4-9(5-7-10)13-8-14(24-16(20-13)21-22-23-24)15-11(18)2-1-3-12(15)19/h1-8,14H,(H,20,21,23)/t14-/m1/s1. The number of fused-ring (bicyclic) bond motifs is 1. The Bertz CT molecular complexity index is 916. The van der Waals surface area contributed by atoms with Gasteiger partial charge in [0.2, 0.25) is 5.95 Å². The van der Waals surface area contributed by atoms with E-state index in [9.17, 15) is 0 Å². The van der Waals surface area contributed by atoms with Crippen molar-refractivity contribution in [2.75, 3.05) is 5.32 Å². The first-order valence-corrected chi connectivity index (χ1v) is 8.65. The van der Waals surface area contributed by atoms with Gasteiger partial charge in [0.25, 0.3) is 0 Å². The molecule has 2 heterocycles. The summed E-state index contributed by atoms with van der Waals surface area (Å²) in [6.45, 7) is 0. The van der Waals surface area contributed by atoms with Crippen LogP contribution in [0.1, 0.15) is 17.2 Å². The van der Waals surface area contributed by atoms with E-state index < -0.39 is 0 Å². The van der Waals surface area contributed by atoms with Crippen LogP contribution in [0.15, 0.2) is 53.0 Å². The van der Waals surface area contributed by atoms with E-state index in [-0.39, 0.29) is 6.04 Å². The minimum absolute atomic E-state index is 0.295. The summed E-state index contributed by atoms with van der Waals surface area (Å²) in [4.78, 5) is 0. The van der Waals surface area contributed by atoms with Gasteiger partial charge in [-0.2, -0.15) is 4.68 Å². The zero-order valence-corrected chi connectivity index (χ0v) is 15.2. The number of benzene rings is 2. The van der Waals surface area contributed by atoms with Crippen LogP contribution in [0.4, 0.5) is 5.95 Å². The number of aromatic nitrogens is 4. The molecular weight excluding hydrogens is 413 g/mol. The summed E-state index contributed by atoms with van der Waals surface area (Å²) in [6.07, 6.45) is 2.01. The van der Waals surface area contributed by atoms with Crippen molar-refractivity contribution in [2.45, 2.75) is 6.04 Å². The van der Waals surface area contributed by atoms with Crippen molar-refractivity contribution >= 4 is 50.8 Å². The Morgan fingerprint density at radius 1 is 1.04 bits per heavy atom. The predicted octanol–water partition coefficient (Wildman–Crippen LogP) is 4.80. The van der Waals surface area contributed by atoms with Crippen molar-refractivity contribution in [3.8, 4) is 0 Å². The quantitative estimate of drug-likeness (QED) is 0.644. The average Bonchev–Trinajstić information content (AvgIpc) is 3.04. The van der Waals surface area contributed by atoms with Gasteiger partial charge in [0.15, 0.2) is 0 Å². The average molecular weight is 423 g/mol. The highest BCUT2D eigenvalue weighted by Crippen LogP contribution is 2.38. The van der Waals surface area contributed by atoms with E-state index in [1.54, 1.807) is 4.68 Å². The number of hydrogen-bond acceptors (Lipinski definition) is 4. The lowest BCUT2D eigenvalue weighted by molar-refractivity contribution is 0.586. The van der Waals surface area contributed by atoms with E-state index in [0.717, 1.165) is 21.3 Å². The molecule has 5 nitrogen and oxygen atoms in total. The molecule has 0 bridgehead atoms. The fourth-order valence-corrected chi connectivity index (χ4v) is 3.54. The van der Waals surface area contributed by atoms with Gasteiger partial charge in [-0.05, 0) is 46.3 Å². The van der Waals surface area contributed by atoms with E-state index in [2.05, 4.69) is 36.8 Å². The minimum atomic E-state index is -0.295. The molecular formula is C16H10BrCl2N5. The highest BCUT2D eigenvalue weighted by Gasteiger charge is 2.27. The van der Waals surface area contributed by atoms with Crippen LogP contribution in [0, 0.1) is 0 Å². The summed E-state index contributed by atoms with van der Waals surface area (Å²) >= 11 is 16.2. The lowest BCUT2D eigenvalue weighted by atomic mass is 10.0. The van der Waals surface area contributed by atoms with Crippen molar-refractivity contribution in [3.63, 3.8) is 0 Å². The molecule has 0 aliphatic carbocycles. The number of hydrogen-bond donors (Lipinski definition) is 1. The molecule has 120 valence electrons. The van der Waals surface area contributed by atoms with Gasteiger partial charge in [0, 0.05) is 25.8 Å². The Balaban J connectivity index is 1.87. The Labute approximate surface area is 156 Å². The molecule has 0 fully saturated rings. The third kappa shape index (κ3) is 2.70. The molecule has 1 atom stereocenters. The summed E-state index contributed by atoms with van der Waals surface area (Å²) in [6, 6.07) is 13.1. The zero-order chi connectivity index (χ0) is 16.7. The third-order valence-electron chi connectivity index (χ3n) is 3.78. The fraction of sp³-hybridized carbons (Fsp3) is 0.0625. The molecule has 1 aliphatic heterocycles. The summed E-state index contributed by atoms with van der Waals surface area (Å²) in [5.41, 5.74) is 2.68. The van der Waals surface area contributed by atoms with Crippen LogP contribution in [0.25, 0.3) is 5.70 Å². The monoisotopic (exact) mass is 421 g/mol. The smallest absolute Gasteiger partial charge is 0.248 e. The molecule has 0 radical (unpaired) electrons. The molecule has 0 amide bonds. The van der Waals surface area contributed by atoms with Gasteiger partial charge < -0.3 is 5.32 Å². The Morgan fingerprint density at radius 2 is 1.75 bits per heavy atom. The summed E-state index contributed by atoms with van der Waals surface area (Å²) in [7, 11) is 0. The van der Waals surface area contributed by atoms with Crippen molar-refractivity contribution < 1.29 is 0 Å². The second-order valence-electron chi connectivity index (χ2n) is 5.24. The first kappa shape index (κ1) is 15.6. The van der Waals surface area contributed by atoms with Gasteiger partial charge in [-0.1, -0.05) is 62.4 Å². The maximum absolute atomic E-state index is 6.39. The van der Waals surface area contributed by atoms with E-state index in [1.807, 2.05) is 48.5 Å². The van der Waals surface area contributed by atoms with E-state index in [0.29, 0.717) is 16.0 Å². The van der Waals surface area contributed by atoms with Crippen molar-refractivity contribution in [1.82, 2.24) is 20.2 Å². The first-order chi connectivity index (χ1) is 11.6. The summed E-state index contributed by atoms with van der Waals surface area (Å²) < 4.78 is 2.67.